The number of para-hydroxylation sites is 1. The fraction of sp³-hybridized carbons (Fsp3) is 0.647. The van der Waals surface area contributed by atoms with Crippen molar-refractivity contribution >= 4 is 11.8 Å². The first-order chi connectivity index (χ1) is 10.2. The van der Waals surface area contributed by atoms with Gasteiger partial charge in [0.05, 0.1) is 7.11 Å². The normalized spacial score (nSPS) is 22.6. The van der Waals surface area contributed by atoms with E-state index in [1.54, 1.807) is 7.11 Å². The molecular weight excluding hydrogens is 282 g/mol. The summed E-state index contributed by atoms with van der Waals surface area (Å²) in [5.74, 6) is 4.16. The standard InChI is InChI=1S/C17H25NO2S/c1-12(18)17(8-9-17)14-4-3-5-15(19-2)16(14)20-13-6-10-21-11-7-13/h3-5,12-13H,6-11,18H2,1-2H3. The van der Waals surface area contributed by atoms with Crippen LogP contribution in [0.4, 0.5) is 0 Å². The Morgan fingerprint density at radius 3 is 2.57 bits per heavy atom. The van der Waals surface area contributed by atoms with E-state index in [0.29, 0.717) is 6.10 Å². The summed E-state index contributed by atoms with van der Waals surface area (Å²) >= 11 is 2.01. The molecule has 0 spiro atoms. The highest BCUT2D eigenvalue weighted by Crippen LogP contribution is 2.55. The Balaban J connectivity index is 1.92. The molecule has 116 valence electrons. The summed E-state index contributed by atoms with van der Waals surface area (Å²) in [5, 5.41) is 0. The van der Waals surface area contributed by atoms with E-state index in [-0.39, 0.29) is 11.5 Å². The van der Waals surface area contributed by atoms with Crippen LogP contribution in [-0.2, 0) is 5.41 Å². The molecule has 21 heavy (non-hydrogen) atoms. The van der Waals surface area contributed by atoms with Crippen molar-refractivity contribution in [3.63, 3.8) is 0 Å². The smallest absolute Gasteiger partial charge is 0.165 e. The van der Waals surface area contributed by atoms with Gasteiger partial charge in [0.1, 0.15) is 6.10 Å². The van der Waals surface area contributed by atoms with Gasteiger partial charge >= 0.3 is 0 Å². The highest BCUT2D eigenvalue weighted by Gasteiger charge is 2.49. The van der Waals surface area contributed by atoms with Gasteiger partial charge in [-0.3, -0.25) is 0 Å². The van der Waals surface area contributed by atoms with E-state index in [4.69, 9.17) is 15.2 Å². The Bertz CT molecular complexity index is 494. The Hall–Kier alpha value is -0.870. The van der Waals surface area contributed by atoms with Crippen LogP contribution in [0.15, 0.2) is 18.2 Å². The van der Waals surface area contributed by atoms with Gasteiger partial charge < -0.3 is 15.2 Å². The summed E-state index contributed by atoms with van der Waals surface area (Å²) < 4.78 is 12.0. The second-order valence-corrected chi connectivity index (χ2v) is 7.44. The molecule has 1 aromatic rings. The van der Waals surface area contributed by atoms with Crippen molar-refractivity contribution in [1.82, 2.24) is 0 Å². The molecule has 0 amide bonds. The molecule has 2 fully saturated rings. The van der Waals surface area contributed by atoms with Crippen LogP contribution >= 0.6 is 11.8 Å². The van der Waals surface area contributed by atoms with Gasteiger partial charge in [-0.1, -0.05) is 12.1 Å². The first kappa shape index (κ1) is 15.0. The van der Waals surface area contributed by atoms with E-state index in [9.17, 15) is 0 Å². The minimum absolute atomic E-state index is 0.0906. The van der Waals surface area contributed by atoms with Crippen molar-refractivity contribution in [2.45, 2.75) is 50.2 Å². The fourth-order valence-corrected chi connectivity index (χ4v) is 4.32. The monoisotopic (exact) mass is 307 g/mol. The lowest BCUT2D eigenvalue weighted by Gasteiger charge is -2.29. The summed E-state index contributed by atoms with van der Waals surface area (Å²) in [6.07, 6.45) is 4.84. The lowest BCUT2D eigenvalue weighted by atomic mass is 9.88. The molecule has 1 aliphatic carbocycles. The molecule has 1 heterocycles. The van der Waals surface area contributed by atoms with Gasteiger partial charge in [0.2, 0.25) is 0 Å². The molecular formula is C17H25NO2S. The number of benzene rings is 1. The molecule has 1 aliphatic heterocycles. The Labute approximate surface area is 131 Å². The van der Waals surface area contributed by atoms with Crippen molar-refractivity contribution in [2.75, 3.05) is 18.6 Å². The van der Waals surface area contributed by atoms with Gasteiger partial charge in [0.15, 0.2) is 11.5 Å². The number of rotatable bonds is 5. The Morgan fingerprint density at radius 2 is 2.00 bits per heavy atom. The lowest BCUT2D eigenvalue weighted by Crippen LogP contribution is -2.32. The predicted octanol–water partition coefficient (Wildman–Crippen LogP) is 3.35. The number of hydrogen-bond donors (Lipinski definition) is 1. The molecule has 1 saturated heterocycles. The van der Waals surface area contributed by atoms with Crippen LogP contribution in [-0.4, -0.2) is 30.8 Å². The molecule has 1 aromatic carbocycles. The highest BCUT2D eigenvalue weighted by atomic mass is 32.2. The molecule has 1 unspecified atom stereocenters. The van der Waals surface area contributed by atoms with E-state index in [0.717, 1.165) is 37.2 Å². The van der Waals surface area contributed by atoms with Crippen molar-refractivity contribution in [3.05, 3.63) is 23.8 Å². The summed E-state index contributed by atoms with van der Waals surface area (Å²) in [6.45, 7) is 2.10. The second kappa shape index (κ2) is 6.09. The summed E-state index contributed by atoms with van der Waals surface area (Å²) in [5.41, 5.74) is 7.59. The molecule has 1 atom stereocenters. The average molecular weight is 307 g/mol. The van der Waals surface area contributed by atoms with E-state index >= 15 is 0 Å². The van der Waals surface area contributed by atoms with E-state index in [1.807, 2.05) is 17.8 Å². The van der Waals surface area contributed by atoms with Crippen LogP contribution in [0, 0.1) is 0 Å². The van der Waals surface area contributed by atoms with Crippen LogP contribution < -0.4 is 15.2 Å². The van der Waals surface area contributed by atoms with Crippen LogP contribution in [0.1, 0.15) is 38.2 Å². The quantitative estimate of drug-likeness (QED) is 0.906. The van der Waals surface area contributed by atoms with Gasteiger partial charge in [0.25, 0.3) is 0 Å². The number of thioether (sulfide) groups is 1. The first-order valence-corrected chi connectivity index (χ1v) is 9.00. The minimum atomic E-state index is 0.0906. The molecule has 3 rings (SSSR count). The van der Waals surface area contributed by atoms with E-state index in [2.05, 4.69) is 19.1 Å². The van der Waals surface area contributed by atoms with Gasteiger partial charge in [-0.05, 0) is 50.2 Å². The zero-order valence-corrected chi connectivity index (χ0v) is 13.7. The predicted molar refractivity (Wildman–Crippen MR) is 88.5 cm³/mol. The average Bonchev–Trinajstić information content (AvgIpc) is 3.30. The van der Waals surface area contributed by atoms with Crippen molar-refractivity contribution in [1.29, 1.82) is 0 Å². The number of hydrogen-bond acceptors (Lipinski definition) is 4. The number of methoxy groups -OCH3 is 1. The molecule has 3 nitrogen and oxygen atoms in total. The summed E-state index contributed by atoms with van der Waals surface area (Å²) in [7, 11) is 1.72. The molecule has 0 aromatic heterocycles. The minimum Gasteiger partial charge on any atom is -0.493 e. The summed E-state index contributed by atoms with van der Waals surface area (Å²) in [6, 6.07) is 6.37. The third kappa shape index (κ3) is 2.88. The van der Waals surface area contributed by atoms with Crippen molar-refractivity contribution in [2.24, 2.45) is 5.73 Å². The van der Waals surface area contributed by atoms with E-state index in [1.165, 1.54) is 17.1 Å². The fourth-order valence-electron chi connectivity index (χ4n) is 3.26. The first-order valence-electron chi connectivity index (χ1n) is 7.85. The summed E-state index contributed by atoms with van der Waals surface area (Å²) in [4.78, 5) is 0. The van der Waals surface area contributed by atoms with Crippen LogP contribution in [0.2, 0.25) is 0 Å². The molecule has 0 radical (unpaired) electrons. The maximum Gasteiger partial charge on any atom is 0.165 e. The van der Waals surface area contributed by atoms with Crippen LogP contribution in [0.3, 0.4) is 0 Å². The maximum absolute atomic E-state index is 6.39. The largest absolute Gasteiger partial charge is 0.493 e. The lowest BCUT2D eigenvalue weighted by molar-refractivity contribution is 0.180. The van der Waals surface area contributed by atoms with Gasteiger partial charge in [-0.25, -0.2) is 0 Å². The van der Waals surface area contributed by atoms with Gasteiger partial charge in [-0.2, -0.15) is 11.8 Å². The molecule has 1 saturated carbocycles. The zero-order chi connectivity index (χ0) is 14.9. The Kier molecular flexibility index (Phi) is 4.36. The molecule has 4 heteroatoms. The van der Waals surface area contributed by atoms with Crippen molar-refractivity contribution in [3.8, 4) is 11.5 Å². The second-order valence-electron chi connectivity index (χ2n) is 6.21. The SMILES string of the molecule is COc1cccc(C2(C(C)N)CC2)c1OC1CCSCC1. The third-order valence-corrected chi connectivity index (χ3v) is 5.90. The zero-order valence-electron chi connectivity index (χ0n) is 12.9. The molecule has 2 N–H and O–H groups in total. The van der Waals surface area contributed by atoms with Gasteiger partial charge in [0, 0.05) is 17.0 Å². The number of nitrogens with two attached hydrogens (primary N) is 1. The van der Waals surface area contributed by atoms with Crippen molar-refractivity contribution < 1.29 is 9.47 Å². The molecule has 2 aliphatic rings. The van der Waals surface area contributed by atoms with Crippen LogP contribution in [0.25, 0.3) is 0 Å². The molecule has 0 bridgehead atoms. The Morgan fingerprint density at radius 1 is 1.29 bits per heavy atom. The van der Waals surface area contributed by atoms with E-state index < -0.39 is 0 Å². The third-order valence-electron chi connectivity index (χ3n) is 4.85. The van der Waals surface area contributed by atoms with Crippen LogP contribution in [0.5, 0.6) is 11.5 Å². The highest BCUT2D eigenvalue weighted by molar-refractivity contribution is 7.99. The maximum atomic E-state index is 6.39. The number of ether oxygens (including phenoxy) is 2. The topological polar surface area (TPSA) is 44.5 Å². The van der Waals surface area contributed by atoms with Gasteiger partial charge in [-0.15, -0.1) is 0 Å².